The molecular weight excluding hydrogens is 280 g/mol. The fraction of sp³-hybridized carbons (Fsp3) is 0.625. The molecule has 6 nitrogen and oxygen atoms in total. The first kappa shape index (κ1) is 15.2. The first-order valence-corrected chi connectivity index (χ1v) is 7.98. The van der Waals surface area contributed by atoms with E-state index in [4.69, 9.17) is 10.5 Å². The van der Waals surface area contributed by atoms with E-state index in [1.165, 1.54) is 0 Å². The lowest BCUT2D eigenvalue weighted by atomic mass is 9.78. The molecule has 1 amide bonds. The van der Waals surface area contributed by atoms with Crippen molar-refractivity contribution in [2.24, 2.45) is 11.1 Å². The van der Waals surface area contributed by atoms with Crippen molar-refractivity contribution in [1.82, 2.24) is 9.88 Å². The number of hydrogen-bond acceptors (Lipinski definition) is 5. The highest BCUT2D eigenvalue weighted by molar-refractivity contribution is 5.83. The molecule has 0 saturated carbocycles. The normalized spacial score (nSPS) is 21.7. The first-order chi connectivity index (χ1) is 10.7. The van der Waals surface area contributed by atoms with Crippen LogP contribution in [0.25, 0.3) is 0 Å². The number of nitrogens with two attached hydrogens (primary N) is 1. The minimum Gasteiger partial charge on any atom is -0.381 e. The number of anilines is 1. The number of carbonyl (C=O) groups is 1. The van der Waals surface area contributed by atoms with Gasteiger partial charge < -0.3 is 20.3 Å². The molecule has 22 heavy (non-hydrogen) atoms. The van der Waals surface area contributed by atoms with E-state index in [1.807, 2.05) is 23.1 Å². The second-order valence-electron chi connectivity index (χ2n) is 6.06. The van der Waals surface area contributed by atoms with Crippen LogP contribution < -0.4 is 10.6 Å². The van der Waals surface area contributed by atoms with Gasteiger partial charge in [-0.25, -0.2) is 4.98 Å². The number of aromatic nitrogens is 1. The Morgan fingerprint density at radius 1 is 1.23 bits per heavy atom. The molecule has 0 unspecified atom stereocenters. The maximum atomic E-state index is 12.9. The van der Waals surface area contributed by atoms with E-state index in [-0.39, 0.29) is 5.91 Å². The summed E-state index contributed by atoms with van der Waals surface area (Å²) in [5.74, 6) is 1.19. The van der Waals surface area contributed by atoms with Gasteiger partial charge in [0.25, 0.3) is 0 Å². The van der Waals surface area contributed by atoms with Gasteiger partial charge in [-0.15, -0.1) is 0 Å². The first-order valence-electron chi connectivity index (χ1n) is 7.98. The van der Waals surface area contributed by atoms with Crippen LogP contribution in [0.15, 0.2) is 24.4 Å². The van der Waals surface area contributed by atoms with Gasteiger partial charge in [0.1, 0.15) is 5.82 Å². The summed E-state index contributed by atoms with van der Waals surface area (Å²) >= 11 is 0. The van der Waals surface area contributed by atoms with Gasteiger partial charge in [0.15, 0.2) is 0 Å². The Bertz CT molecular complexity index is 494. The quantitative estimate of drug-likeness (QED) is 0.880. The van der Waals surface area contributed by atoms with E-state index in [0.717, 1.165) is 44.8 Å². The number of ether oxygens (including phenoxy) is 1. The molecular formula is C16H24N4O2. The summed E-state index contributed by atoms with van der Waals surface area (Å²) in [6.45, 7) is 4.79. The molecule has 0 spiro atoms. The third kappa shape index (κ3) is 2.94. The number of amides is 1. The molecule has 0 atom stereocenters. The Morgan fingerprint density at radius 3 is 2.55 bits per heavy atom. The van der Waals surface area contributed by atoms with E-state index in [0.29, 0.717) is 19.8 Å². The summed E-state index contributed by atoms with van der Waals surface area (Å²) in [5.41, 5.74) is 5.53. The Morgan fingerprint density at radius 2 is 1.95 bits per heavy atom. The van der Waals surface area contributed by atoms with Crippen LogP contribution in [0.3, 0.4) is 0 Å². The number of carbonyl (C=O) groups excluding carboxylic acids is 1. The zero-order valence-corrected chi connectivity index (χ0v) is 12.9. The highest BCUT2D eigenvalue weighted by atomic mass is 16.5. The Kier molecular flexibility index (Phi) is 4.59. The maximum absolute atomic E-state index is 12.9. The average Bonchev–Trinajstić information content (AvgIpc) is 2.62. The van der Waals surface area contributed by atoms with E-state index in [9.17, 15) is 4.79 Å². The van der Waals surface area contributed by atoms with Gasteiger partial charge in [-0.05, 0) is 25.0 Å². The zero-order chi connectivity index (χ0) is 15.4. The monoisotopic (exact) mass is 304 g/mol. The Labute approximate surface area is 131 Å². The van der Waals surface area contributed by atoms with Crippen molar-refractivity contribution in [3.8, 4) is 0 Å². The molecule has 0 aromatic carbocycles. The van der Waals surface area contributed by atoms with Crippen LogP contribution in [-0.2, 0) is 9.53 Å². The van der Waals surface area contributed by atoms with Crippen molar-refractivity contribution in [2.45, 2.75) is 12.8 Å². The molecule has 0 bridgehead atoms. The van der Waals surface area contributed by atoms with Gasteiger partial charge in [0.05, 0.1) is 5.41 Å². The third-order valence-electron chi connectivity index (χ3n) is 4.83. The molecule has 3 rings (SSSR count). The van der Waals surface area contributed by atoms with Crippen LogP contribution in [0.1, 0.15) is 12.8 Å². The summed E-state index contributed by atoms with van der Waals surface area (Å²) in [7, 11) is 0. The van der Waals surface area contributed by atoms with Crippen LogP contribution in [0, 0.1) is 5.41 Å². The largest absolute Gasteiger partial charge is 0.381 e. The smallest absolute Gasteiger partial charge is 0.230 e. The molecule has 120 valence electrons. The molecule has 1 aromatic rings. The van der Waals surface area contributed by atoms with Crippen LogP contribution in [0.5, 0.6) is 0 Å². The maximum Gasteiger partial charge on any atom is 0.230 e. The van der Waals surface area contributed by atoms with Crippen LogP contribution >= 0.6 is 0 Å². The van der Waals surface area contributed by atoms with Crippen molar-refractivity contribution in [3.05, 3.63) is 24.4 Å². The van der Waals surface area contributed by atoms with Crippen molar-refractivity contribution in [1.29, 1.82) is 0 Å². The molecule has 2 N–H and O–H groups in total. The van der Waals surface area contributed by atoms with Gasteiger partial charge in [0, 0.05) is 52.1 Å². The van der Waals surface area contributed by atoms with E-state index >= 15 is 0 Å². The second kappa shape index (κ2) is 6.62. The predicted octanol–water partition coefficient (Wildman–Crippen LogP) is 0.486. The van der Waals surface area contributed by atoms with E-state index in [2.05, 4.69) is 9.88 Å². The number of nitrogens with zero attached hydrogens (tertiary/aromatic N) is 3. The molecule has 0 aliphatic carbocycles. The molecule has 1 aromatic heterocycles. The molecule has 2 saturated heterocycles. The minimum absolute atomic E-state index is 0.207. The molecule has 2 aliphatic heterocycles. The predicted molar refractivity (Wildman–Crippen MR) is 84.6 cm³/mol. The van der Waals surface area contributed by atoms with Crippen LogP contribution in [-0.4, -0.2) is 61.7 Å². The van der Waals surface area contributed by atoms with Gasteiger partial charge in [-0.3, -0.25) is 4.79 Å². The Hall–Kier alpha value is -1.66. The SMILES string of the molecule is NCC1(C(=O)N2CCN(c3ccccn3)CC2)CCOCC1. The topological polar surface area (TPSA) is 71.7 Å². The highest BCUT2D eigenvalue weighted by Crippen LogP contribution is 2.32. The van der Waals surface area contributed by atoms with Crippen molar-refractivity contribution in [3.63, 3.8) is 0 Å². The van der Waals surface area contributed by atoms with Crippen LogP contribution in [0.2, 0.25) is 0 Å². The molecule has 6 heteroatoms. The van der Waals surface area contributed by atoms with Gasteiger partial charge >= 0.3 is 0 Å². The second-order valence-corrected chi connectivity index (χ2v) is 6.06. The summed E-state index contributed by atoms with van der Waals surface area (Å²) < 4.78 is 5.40. The fourth-order valence-corrected chi connectivity index (χ4v) is 3.28. The van der Waals surface area contributed by atoms with Crippen molar-refractivity contribution < 1.29 is 9.53 Å². The molecule has 2 aliphatic rings. The summed E-state index contributed by atoms with van der Waals surface area (Å²) in [6, 6.07) is 5.92. The lowest BCUT2D eigenvalue weighted by Gasteiger charge is -2.42. The van der Waals surface area contributed by atoms with Gasteiger partial charge in [0.2, 0.25) is 5.91 Å². The standard InChI is InChI=1S/C16H24N4O2/c17-13-16(4-11-22-12-5-16)15(21)20-9-7-19(8-10-20)14-3-1-2-6-18-14/h1-3,6H,4-5,7-13,17H2. The summed E-state index contributed by atoms with van der Waals surface area (Å²) in [5, 5.41) is 0. The molecule has 2 fully saturated rings. The number of hydrogen-bond donors (Lipinski definition) is 1. The molecule has 0 radical (unpaired) electrons. The number of piperazine rings is 1. The summed E-state index contributed by atoms with van der Waals surface area (Å²) in [4.78, 5) is 21.5. The highest BCUT2D eigenvalue weighted by Gasteiger charge is 2.42. The Balaban J connectivity index is 1.62. The fourth-order valence-electron chi connectivity index (χ4n) is 3.28. The summed E-state index contributed by atoms with van der Waals surface area (Å²) in [6.07, 6.45) is 3.28. The van der Waals surface area contributed by atoms with E-state index in [1.54, 1.807) is 6.20 Å². The minimum atomic E-state index is -0.411. The lowest BCUT2D eigenvalue weighted by Crippen LogP contribution is -2.56. The number of rotatable bonds is 3. The van der Waals surface area contributed by atoms with E-state index < -0.39 is 5.41 Å². The third-order valence-corrected chi connectivity index (χ3v) is 4.83. The van der Waals surface area contributed by atoms with Crippen LogP contribution in [0.4, 0.5) is 5.82 Å². The van der Waals surface area contributed by atoms with Gasteiger partial charge in [-0.1, -0.05) is 6.07 Å². The van der Waals surface area contributed by atoms with Gasteiger partial charge in [-0.2, -0.15) is 0 Å². The number of pyridine rings is 1. The molecule has 3 heterocycles. The zero-order valence-electron chi connectivity index (χ0n) is 12.9. The van der Waals surface area contributed by atoms with Crippen molar-refractivity contribution in [2.75, 3.05) is 50.8 Å². The average molecular weight is 304 g/mol. The van der Waals surface area contributed by atoms with Crippen molar-refractivity contribution >= 4 is 11.7 Å². The lowest BCUT2D eigenvalue weighted by molar-refractivity contribution is -0.147.